The first-order valence-corrected chi connectivity index (χ1v) is 6.17. The summed E-state index contributed by atoms with van der Waals surface area (Å²) in [5.41, 5.74) is 2.30. The molecule has 0 aliphatic heterocycles. The number of pyridine rings is 1. The predicted molar refractivity (Wildman–Crippen MR) is 71.8 cm³/mol. The Balaban J connectivity index is 1.78. The minimum absolute atomic E-state index is 0.772. The van der Waals surface area contributed by atoms with Crippen molar-refractivity contribution in [3.63, 3.8) is 0 Å². The third kappa shape index (κ3) is 2.53. The third-order valence-corrected chi connectivity index (χ3v) is 3.08. The van der Waals surface area contributed by atoms with Gasteiger partial charge >= 0.3 is 0 Å². The molecule has 0 unspecified atom stereocenters. The van der Waals surface area contributed by atoms with E-state index in [-0.39, 0.29) is 0 Å². The molecule has 0 saturated heterocycles. The van der Waals surface area contributed by atoms with Crippen LogP contribution in [0.25, 0.3) is 17.0 Å². The molecule has 2 nitrogen and oxygen atoms in total. The van der Waals surface area contributed by atoms with Crippen molar-refractivity contribution in [2.24, 2.45) is 0 Å². The van der Waals surface area contributed by atoms with Crippen LogP contribution in [-0.2, 0) is 0 Å². The summed E-state index contributed by atoms with van der Waals surface area (Å²) in [5.74, 6) is 0. The molecule has 3 rings (SSSR count). The summed E-state index contributed by atoms with van der Waals surface area (Å²) in [4.78, 5) is 4.36. The molecule has 0 bridgehead atoms. The van der Waals surface area contributed by atoms with Gasteiger partial charge in [0.05, 0.1) is 5.52 Å². The molecule has 0 atom stereocenters. The standard InChI is InChI=1S/C15H16N2/c1-2-6-15-14(5-1)12(9-11-17-15)4-3-10-16-13-7-8-13/h1-6,9,11,13,16H,7-8,10H2. The SMILES string of the molecule is C(=Cc1ccnc2ccccc12)CNC1CC1. The van der Waals surface area contributed by atoms with E-state index in [9.17, 15) is 0 Å². The second kappa shape index (κ2) is 4.68. The van der Waals surface area contributed by atoms with E-state index in [4.69, 9.17) is 0 Å². The number of hydrogen-bond acceptors (Lipinski definition) is 2. The Labute approximate surface area is 101 Å². The lowest BCUT2D eigenvalue weighted by Gasteiger charge is -2.01. The summed E-state index contributed by atoms with van der Waals surface area (Å²) in [7, 11) is 0. The van der Waals surface area contributed by atoms with Crippen molar-refractivity contribution >= 4 is 17.0 Å². The lowest BCUT2D eigenvalue weighted by Crippen LogP contribution is -2.15. The van der Waals surface area contributed by atoms with E-state index in [2.05, 4.69) is 46.7 Å². The molecule has 2 heteroatoms. The molecule has 1 fully saturated rings. The molecule has 1 aliphatic rings. The maximum absolute atomic E-state index is 4.36. The van der Waals surface area contributed by atoms with Crippen molar-refractivity contribution in [3.8, 4) is 0 Å². The van der Waals surface area contributed by atoms with Crippen LogP contribution < -0.4 is 5.32 Å². The van der Waals surface area contributed by atoms with E-state index < -0.39 is 0 Å². The quantitative estimate of drug-likeness (QED) is 0.863. The number of hydrogen-bond donors (Lipinski definition) is 1. The van der Waals surface area contributed by atoms with Crippen LogP contribution in [0.3, 0.4) is 0 Å². The molecular weight excluding hydrogens is 208 g/mol. The number of nitrogens with zero attached hydrogens (tertiary/aromatic N) is 1. The van der Waals surface area contributed by atoms with Crippen molar-refractivity contribution in [1.29, 1.82) is 0 Å². The molecule has 1 saturated carbocycles. The maximum Gasteiger partial charge on any atom is 0.0707 e. The average Bonchev–Trinajstić information content (AvgIpc) is 3.19. The fourth-order valence-electron chi connectivity index (χ4n) is 1.97. The van der Waals surface area contributed by atoms with Gasteiger partial charge in [-0.05, 0) is 30.5 Å². The lowest BCUT2D eigenvalue weighted by atomic mass is 10.1. The van der Waals surface area contributed by atoms with E-state index in [0.29, 0.717) is 0 Å². The summed E-state index contributed by atoms with van der Waals surface area (Å²) >= 11 is 0. The van der Waals surface area contributed by atoms with Crippen molar-refractivity contribution in [2.45, 2.75) is 18.9 Å². The van der Waals surface area contributed by atoms with Crippen LogP contribution in [0.5, 0.6) is 0 Å². The van der Waals surface area contributed by atoms with Gasteiger partial charge in [-0.1, -0.05) is 30.4 Å². The highest BCUT2D eigenvalue weighted by molar-refractivity contribution is 5.87. The fourth-order valence-corrected chi connectivity index (χ4v) is 1.97. The Hall–Kier alpha value is -1.67. The summed E-state index contributed by atoms with van der Waals surface area (Å²) < 4.78 is 0. The minimum atomic E-state index is 0.772. The zero-order valence-corrected chi connectivity index (χ0v) is 9.76. The Bertz CT molecular complexity index is 536. The van der Waals surface area contributed by atoms with Gasteiger partial charge in [0.1, 0.15) is 0 Å². The highest BCUT2D eigenvalue weighted by Gasteiger charge is 2.18. The van der Waals surface area contributed by atoms with Gasteiger partial charge < -0.3 is 5.32 Å². The molecule has 86 valence electrons. The van der Waals surface area contributed by atoms with Gasteiger partial charge in [-0.25, -0.2) is 0 Å². The summed E-state index contributed by atoms with van der Waals surface area (Å²) in [5, 5.41) is 4.69. The van der Waals surface area contributed by atoms with Gasteiger partial charge in [-0.3, -0.25) is 4.98 Å². The third-order valence-electron chi connectivity index (χ3n) is 3.08. The van der Waals surface area contributed by atoms with Gasteiger partial charge in [-0.2, -0.15) is 0 Å². The highest BCUT2D eigenvalue weighted by Crippen LogP contribution is 2.19. The second-order valence-corrected chi connectivity index (χ2v) is 4.50. The first kappa shape index (κ1) is 10.5. The zero-order chi connectivity index (χ0) is 11.5. The molecule has 0 amide bonds. The Morgan fingerprint density at radius 1 is 1.24 bits per heavy atom. The first-order chi connectivity index (χ1) is 8.43. The van der Waals surface area contributed by atoms with Gasteiger partial charge in [0.15, 0.2) is 0 Å². The first-order valence-electron chi connectivity index (χ1n) is 6.17. The number of benzene rings is 1. The Kier molecular flexibility index (Phi) is 2.88. The van der Waals surface area contributed by atoms with E-state index in [0.717, 1.165) is 18.1 Å². The molecule has 1 aliphatic carbocycles. The summed E-state index contributed by atoms with van der Waals surface area (Å²) in [6.07, 6.45) is 8.92. The monoisotopic (exact) mass is 224 g/mol. The van der Waals surface area contributed by atoms with E-state index in [1.165, 1.54) is 23.8 Å². The van der Waals surface area contributed by atoms with E-state index in [1.807, 2.05) is 12.3 Å². The predicted octanol–water partition coefficient (Wildman–Crippen LogP) is 3.00. The number of aromatic nitrogens is 1. The topological polar surface area (TPSA) is 24.9 Å². The summed E-state index contributed by atoms with van der Waals surface area (Å²) in [6, 6.07) is 11.1. The maximum atomic E-state index is 4.36. The second-order valence-electron chi connectivity index (χ2n) is 4.50. The van der Waals surface area contributed by atoms with Gasteiger partial charge in [0.2, 0.25) is 0 Å². The van der Waals surface area contributed by atoms with Crippen molar-refractivity contribution in [1.82, 2.24) is 10.3 Å². The molecule has 1 N–H and O–H groups in total. The van der Waals surface area contributed by atoms with Crippen LogP contribution in [0.15, 0.2) is 42.6 Å². The van der Waals surface area contributed by atoms with E-state index >= 15 is 0 Å². The molecular formula is C15H16N2. The minimum Gasteiger partial charge on any atom is -0.311 e. The number of nitrogens with one attached hydrogen (secondary N) is 1. The zero-order valence-electron chi connectivity index (χ0n) is 9.76. The van der Waals surface area contributed by atoms with Gasteiger partial charge in [0.25, 0.3) is 0 Å². The molecule has 1 heterocycles. The van der Waals surface area contributed by atoms with Crippen molar-refractivity contribution in [2.75, 3.05) is 6.54 Å². The van der Waals surface area contributed by atoms with Crippen LogP contribution in [0.2, 0.25) is 0 Å². The molecule has 2 aromatic rings. The van der Waals surface area contributed by atoms with Crippen molar-refractivity contribution in [3.05, 3.63) is 48.2 Å². The lowest BCUT2D eigenvalue weighted by molar-refractivity contribution is 0.754. The van der Waals surface area contributed by atoms with Gasteiger partial charge in [-0.15, -0.1) is 0 Å². The van der Waals surface area contributed by atoms with Crippen LogP contribution >= 0.6 is 0 Å². The van der Waals surface area contributed by atoms with Crippen LogP contribution in [0.4, 0.5) is 0 Å². The average molecular weight is 224 g/mol. The smallest absolute Gasteiger partial charge is 0.0707 e. The highest BCUT2D eigenvalue weighted by atomic mass is 14.9. The Morgan fingerprint density at radius 3 is 3.00 bits per heavy atom. The van der Waals surface area contributed by atoms with Crippen LogP contribution in [0, 0.1) is 0 Å². The molecule has 0 radical (unpaired) electrons. The number of para-hydroxylation sites is 1. The fraction of sp³-hybridized carbons (Fsp3) is 0.267. The summed E-state index contributed by atoms with van der Waals surface area (Å²) in [6.45, 7) is 0.960. The normalized spacial score (nSPS) is 15.8. The molecule has 0 spiro atoms. The van der Waals surface area contributed by atoms with Crippen molar-refractivity contribution < 1.29 is 0 Å². The molecule has 1 aromatic heterocycles. The van der Waals surface area contributed by atoms with Gasteiger partial charge in [0, 0.05) is 24.2 Å². The van der Waals surface area contributed by atoms with Crippen LogP contribution in [-0.4, -0.2) is 17.6 Å². The molecule has 1 aromatic carbocycles. The molecule has 17 heavy (non-hydrogen) atoms. The van der Waals surface area contributed by atoms with Crippen LogP contribution in [0.1, 0.15) is 18.4 Å². The number of fused-ring (bicyclic) bond motifs is 1. The van der Waals surface area contributed by atoms with E-state index in [1.54, 1.807) is 0 Å². The Morgan fingerprint density at radius 2 is 2.12 bits per heavy atom. The largest absolute Gasteiger partial charge is 0.311 e. The number of rotatable bonds is 4.